The van der Waals surface area contributed by atoms with Gasteiger partial charge in [-0.05, 0) is 72.7 Å². The number of carbonyl (C=O) groups excluding carboxylic acids is 1. The fourth-order valence-electron chi connectivity index (χ4n) is 6.26. The Bertz CT molecular complexity index is 1240. The van der Waals surface area contributed by atoms with E-state index >= 15 is 0 Å². The first-order chi connectivity index (χ1) is 19.2. The van der Waals surface area contributed by atoms with Gasteiger partial charge in [-0.25, -0.2) is 9.78 Å². The van der Waals surface area contributed by atoms with E-state index in [1.165, 1.54) is 0 Å². The maximum absolute atomic E-state index is 12.3. The normalized spacial score (nSPS) is 22.4. The zero-order chi connectivity index (χ0) is 28.0. The lowest BCUT2D eigenvalue weighted by Crippen LogP contribution is -2.62. The maximum Gasteiger partial charge on any atom is 0.410 e. The first-order valence-electron chi connectivity index (χ1n) is 14.6. The van der Waals surface area contributed by atoms with Gasteiger partial charge in [-0.3, -0.25) is 9.88 Å². The Morgan fingerprint density at radius 2 is 1.85 bits per heavy atom. The Hall–Kier alpha value is -3.11. The lowest BCUT2D eigenvalue weighted by Gasteiger charge is -2.47. The Labute approximate surface area is 237 Å². The molecule has 0 spiro atoms. The summed E-state index contributed by atoms with van der Waals surface area (Å²) in [5, 5.41) is 3.62. The van der Waals surface area contributed by atoms with Gasteiger partial charge in [0.2, 0.25) is 0 Å². The van der Waals surface area contributed by atoms with Crippen LogP contribution in [0.5, 0.6) is 5.75 Å². The highest BCUT2D eigenvalue weighted by atomic mass is 16.6. The summed E-state index contributed by atoms with van der Waals surface area (Å²) in [5.41, 5.74) is 4.73. The molecule has 0 aliphatic carbocycles. The number of nitrogens with zero attached hydrogens (tertiary/aromatic N) is 5. The van der Waals surface area contributed by atoms with Gasteiger partial charge < -0.3 is 29.3 Å². The molecular formula is C30H42N6O4. The Morgan fingerprint density at radius 1 is 1.12 bits per heavy atom. The molecule has 1 atom stereocenters. The van der Waals surface area contributed by atoms with Gasteiger partial charge in [0, 0.05) is 55.7 Å². The van der Waals surface area contributed by atoms with Crippen LogP contribution in [0.2, 0.25) is 0 Å². The number of aromatic nitrogens is 2. The molecule has 10 nitrogen and oxygen atoms in total. The molecule has 0 saturated carbocycles. The van der Waals surface area contributed by atoms with E-state index in [4.69, 9.17) is 24.2 Å². The highest BCUT2D eigenvalue weighted by Gasteiger charge is 2.39. The monoisotopic (exact) mass is 550 g/mol. The standard InChI is InChI=1S/C30H42N6O4/c1-19-27-24(33-28-26(20(2)39-27)25(6-9-31-28)35-12-14-38-15-13-35)16-23(32-19)21-7-10-34(11-8-21)22-17-36(18-22)29(37)40-30(3,4)5/h6,9,16,20-22H,7-8,10-15,17-18H2,1-5H3,(H,31,33). The van der Waals surface area contributed by atoms with Crippen molar-refractivity contribution in [2.45, 2.75) is 71.1 Å². The molecular weight excluding hydrogens is 508 g/mol. The maximum atomic E-state index is 12.3. The summed E-state index contributed by atoms with van der Waals surface area (Å²) in [7, 11) is 0. The fourth-order valence-corrected chi connectivity index (χ4v) is 6.26. The van der Waals surface area contributed by atoms with Crippen molar-refractivity contribution in [3.05, 3.63) is 35.3 Å². The molecule has 2 aromatic heterocycles. The number of likely N-dealkylation sites (tertiary alicyclic amines) is 2. The summed E-state index contributed by atoms with van der Waals surface area (Å²) in [4.78, 5) is 28.8. The Balaban J connectivity index is 1.13. The van der Waals surface area contributed by atoms with Crippen molar-refractivity contribution in [2.24, 2.45) is 0 Å². The number of pyridine rings is 2. The molecule has 3 saturated heterocycles. The number of nitrogens with one attached hydrogen (secondary N) is 1. The van der Waals surface area contributed by atoms with Crippen LogP contribution in [0.25, 0.3) is 0 Å². The summed E-state index contributed by atoms with van der Waals surface area (Å²) in [6, 6.07) is 4.66. The van der Waals surface area contributed by atoms with E-state index in [9.17, 15) is 4.79 Å². The minimum absolute atomic E-state index is 0.160. The van der Waals surface area contributed by atoms with E-state index in [0.717, 1.165) is 105 Å². The molecule has 4 aliphatic rings. The van der Waals surface area contributed by atoms with Crippen molar-refractivity contribution < 1.29 is 19.0 Å². The van der Waals surface area contributed by atoms with Crippen LogP contribution in [0, 0.1) is 6.92 Å². The summed E-state index contributed by atoms with van der Waals surface area (Å²) in [6.45, 7) is 16.5. The van der Waals surface area contributed by atoms with E-state index in [1.807, 2.05) is 38.8 Å². The summed E-state index contributed by atoms with van der Waals surface area (Å²) in [5.74, 6) is 2.04. The predicted octanol–water partition coefficient (Wildman–Crippen LogP) is 4.62. The largest absolute Gasteiger partial charge is 0.482 e. The smallest absolute Gasteiger partial charge is 0.410 e. The van der Waals surface area contributed by atoms with Crippen LogP contribution in [0.15, 0.2) is 18.3 Å². The molecule has 0 bridgehead atoms. The van der Waals surface area contributed by atoms with Crippen molar-refractivity contribution in [1.29, 1.82) is 0 Å². The van der Waals surface area contributed by atoms with Gasteiger partial charge in [-0.15, -0.1) is 0 Å². The van der Waals surface area contributed by atoms with Crippen molar-refractivity contribution in [2.75, 3.05) is 62.7 Å². The second-order valence-corrected chi connectivity index (χ2v) is 12.4. The number of fused-ring (bicyclic) bond motifs is 2. The molecule has 3 fully saturated rings. The average Bonchev–Trinajstić information content (AvgIpc) is 3.04. The van der Waals surface area contributed by atoms with E-state index in [1.54, 1.807) is 0 Å². The van der Waals surface area contributed by atoms with Crippen LogP contribution in [0.1, 0.15) is 69.5 Å². The minimum atomic E-state index is -0.458. The summed E-state index contributed by atoms with van der Waals surface area (Å²) >= 11 is 0. The van der Waals surface area contributed by atoms with Crippen LogP contribution in [0.3, 0.4) is 0 Å². The van der Waals surface area contributed by atoms with E-state index in [-0.39, 0.29) is 12.2 Å². The van der Waals surface area contributed by atoms with Crippen LogP contribution >= 0.6 is 0 Å². The summed E-state index contributed by atoms with van der Waals surface area (Å²) in [6.07, 6.45) is 3.60. The van der Waals surface area contributed by atoms with Gasteiger partial charge in [0.15, 0.2) is 5.75 Å². The SMILES string of the molecule is Cc1nc(C2CCN(C3CN(C(=O)OC(C)(C)C)C3)CC2)cc2c1OC(C)c1c(N3CCOCC3)ccnc1N2. The number of anilines is 3. The van der Waals surface area contributed by atoms with E-state index in [2.05, 4.69) is 34.2 Å². The topological polar surface area (TPSA) is 92.3 Å². The fraction of sp³-hybridized carbons (Fsp3) is 0.633. The highest BCUT2D eigenvalue weighted by molar-refractivity contribution is 5.74. The molecule has 1 unspecified atom stereocenters. The van der Waals surface area contributed by atoms with Gasteiger partial charge in [0.25, 0.3) is 0 Å². The van der Waals surface area contributed by atoms with E-state index in [0.29, 0.717) is 12.0 Å². The molecule has 6 rings (SSSR count). The van der Waals surface area contributed by atoms with Crippen molar-refractivity contribution in [3.8, 4) is 5.75 Å². The zero-order valence-electron chi connectivity index (χ0n) is 24.4. The molecule has 1 N–H and O–H groups in total. The van der Waals surface area contributed by atoms with Gasteiger partial charge in [-0.2, -0.15) is 0 Å². The minimum Gasteiger partial charge on any atom is -0.482 e. The molecule has 216 valence electrons. The molecule has 2 aromatic rings. The van der Waals surface area contributed by atoms with E-state index < -0.39 is 5.60 Å². The zero-order valence-corrected chi connectivity index (χ0v) is 24.4. The first kappa shape index (κ1) is 27.1. The van der Waals surface area contributed by atoms with Crippen LogP contribution < -0.4 is 15.0 Å². The van der Waals surface area contributed by atoms with Crippen molar-refractivity contribution in [3.63, 3.8) is 0 Å². The molecule has 40 heavy (non-hydrogen) atoms. The number of hydrogen-bond donors (Lipinski definition) is 1. The number of amides is 1. The molecule has 4 aliphatic heterocycles. The third-order valence-corrected chi connectivity index (χ3v) is 8.41. The molecule has 0 aromatic carbocycles. The average molecular weight is 551 g/mol. The third-order valence-electron chi connectivity index (χ3n) is 8.41. The van der Waals surface area contributed by atoms with Crippen LogP contribution in [-0.2, 0) is 9.47 Å². The third kappa shape index (κ3) is 5.43. The second-order valence-electron chi connectivity index (χ2n) is 12.4. The molecule has 10 heteroatoms. The molecule has 6 heterocycles. The number of aryl methyl sites for hydroxylation is 1. The molecule has 1 amide bonds. The number of morpholine rings is 1. The number of hydrogen-bond acceptors (Lipinski definition) is 9. The highest BCUT2D eigenvalue weighted by Crippen LogP contribution is 2.44. The predicted molar refractivity (Wildman–Crippen MR) is 154 cm³/mol. The lowest BCUT2D eigenvalue weighted by atomic mass is 9.91. The van der Waals surface area contributed by atoms with Gasteiger partial charge in [-0.1, -0.05) is 0 Å². The van der Waals surface area contributed by atoms with Crippen molar-refractivity contribution >= 4 is 23.3 Å². The quantitative estimate of drug-likeness (QED) is 0.588. The lowest BCUT2D eigenvalue weighted by molar-refractivity contribution is -0.0197. The molecule has 0 radical (unpaired) electrons. The number of rotatable bonds is 3. The van der Waals surface area contributed by atoms with Crippen molar-refractivity contribution in [1.82, 2.24) is 19.8 Å². The Morgan fingerprint density at radius 3 is 2.55 bits per heavy atom. The Kier molecular flexibility index (Phi) is 7.25. The number of carbonyl (C=O) groups is 1. The van der Waals surface area contributed by atoms with Gasteiger partial charge in [0.1, 0.15) is 17.5 Å². The number of ether oxygens (including phenoxy) is 3. The van der Waals surface area contributed by atoms with Gasteiger partial charge in [0.05, 0.1) is 30.2 Å². The van der Waals surface area contributed by atoms with Gasteiger partial charge >= 0.3 is 6.09 Å². The van der Waals surface area contributed by atoms with Crippen LogP contribution in [-0.4, -0.2) is 90.0 Å². The number of piperidine rings is 1. The van der Waals surface area contributed by atoms with Crippen LogP contribution in [0.4, 0.5) is 22.0 Å². The second kappa shape index (κ2) is 10.7. The first-order valence-corrected chi connectivity index (χ1v) is 14.6. The summed E-state index contributed by atoms with van der Waals surface area (Å²) < 4.78 is 17.6.